The predicted molar refractivity (Wildman–Crippen MR) is 104 cm³/mol. The molecule has 27 heavy (non-hydrogen) atoms. The molecule has 0 spiro atoms. The van der Waals surface area contributed by atoms with Crippen LogP contribution in [0.25, 0.3) is 0 Å². The molecule has 0 aromatic heterocycles. The molecule has 1 aliphatic rings. The summed E-state index contributed by atoms with van der Waals surface area (Å²) in [7, 11) is 0. The highest BCUT2D eigenvalue weighted by Gasteiger charge is 2.24. The van der Waals surface area contributed by atoms with E-state index in [9.17, 15) is 4.79 Å². The molecule has 4 rings (SSSR count). The third-order valence-corrected chi connectivity index (χ3v) is 4.78. The van der Waals surface area contributed by atoms with Crippen molar-refractivity contribution in [2.45, 2.75) is 18.9 Å². The lowest BCUT2D eigenvalue weighted by Crippen LogP contribution is -2.32. The monoisotopic (exact) mass is 359 g/mol. The Morgan fingerprint density at radius 3 is 2.04 bits per heavy atom. The van der Waals surface area contributed by atoms with Gasteiger partial charge in [-0.25, -0.2) is 0 Å². The maximum Gasteiger partial charge on any atom is 0.232 e. The average Bonchev–Trinajstić information content (AvgIpc) is 3.17. The Morgan fingerprint density at radius 1 is 0.815 bits per heavy atom. The van der Waals surface area contributed by atoms with E-state index >= 15 is 0 Å². The minimum atomic E-state index is -0.358. The summed E-state index contributed by atoms with van der Waals surface area (Å²) in [6.45, 7) is 2.21. The van der Waals surface area contributed by atoms with Crippen molar-refractivity contribution in [2.24, 2.45) is 0 Å². The summed E-state index contributed by atoms with van der Waals surface area (Å²) in [4.78, 5) is 13.2. The van der Waals surface area contributed by atoms with Crippen molar-refractivity contribution in [3.8, 4) is 11.5 Å². The van der Waals surface area contributed by atoms with Crippen molar-refractivity contribution < 1.29 is 14.3 Å². The highest BCUT2D eigenvalue weighted by atomic mass is 16.7. The molecule has 1 atom stereocenters. The summed E-state index contributed by atoms with van der Waals surface area (Å²) in [5.74, 6) is 1.07. The lowest BCUT2D eigenvalue weighted by molar-refractivity contribution is -0.122. The largest absolute Gasteiger partial charge is 0.454 e. The Kier molecular flexibility index (Phi) is 4.79. The molecule has 0 aliphatic carbocycles. The number of hydrogen-bond acceptors (Lipinski definition) is 3. The van der Waals surface area contributed by atoms with Crippen molar-refractivity contribution in [1.29, 1.82) is 0 Å². The van der Waals surface area contributed by atoms with Crippen LogP contribution < -0.4 is 14.8 Å². The van der Waals surface area contributed by atoms with Gasteiger partial charge in [-0.05, 0) is 35.7 Å². The summed E-state index contributed by atoms with van der Waals surface area (Å²) >= 11 is 0. The van der Waals surface area contributed by atoms with Crippen molar-refractivity contribution in [2.75, 3.05) is 6.79 Å². The highest BCUT2D eigenvalue weighted by Crippen LogP contribution is 2.34. The summed E-state index contributed by atoms with van der Waals surface area (Å²) in [5, 5.41) is 3.15. The van der Waals surface area contributed by atoms with E-state index in [1.165, 1.54) is 0 Å². The minimum absolute atomic E-state index is 0.0300. The summed E-state index contributed by atoms with van der Waals surface area (Å²) in [5.41, 5.74) is 2.92. The van der Waals surface area contributed by atoms with Crippen LogP contribution >= 0.6 is 0 Å². The molecule has 0 radical (unpaired) electrons. The van der Waals surface area contributed by atoms with Gasteiger partial charge in [-0.1, -0.05) is 66.7 Å². The van der Waals surface area contributed by atoms with Gasteiger partial charge in [0.25, 0.3) is 0 Å². The van der Waals surface area contributed by atoms with Crippen LogP contribution in [0.15, 0.2) is 78.9 Å². The van der Waals surface area contributed by atoms with Gasteiger partial charge in [0, 0.05) is 0 Å². The molecule has 0 saturated carbocycles. The Hall–Kier alpha value is -3.27. The Balaban J connectivity index is 1.58. The zero-order valence-electron chi connectivity index (χ0n) is 15.1. The zero-order chi connectivity index (χ0) is 18.6. The number of carbonyl (C=O) groups is 1. The van der Waals surface area contributed by atoms with Crippen molar-refractivity contribution >= 4 is 5.91 Å². The first-order chi connectivity index (χ1) is 13.2. The smallest absolute Gasteiger partial charge is 0.232 e. The fraction of sp³-hybridized carbons (Fsp3) is 0.174. The maximum absolute atomic E-state index is 13.2. The molecule has 136 valence electrons. The molecule has 3 aromatic rings. The van der Waals surface area contributed by atoms with Gasteiger partial charge in [-0.3, -0.25) is 4.79 Å². The van der Waals surface area contributed by atoms with Gasteiger partial charge in [-0.15, -0.1) is 0 Å². The van der Waals surface area contributed by atoms with E-state index in [-0.39, 0.29) is 24.7 Å². The van der Waals surface area contributed by atoms with Crippen molar-refractivity contribution in [3.63, 3.8) is 0 Å². The fourth-order valence-electron chi connectivity index (χ4n) is 3.35. The van der Waals surface area contributed by atoms with Gasteiger partial charge in [0.05, 0.1) is 12.0 Å². The van der Waals surface area contributed by atoms with E-state index in [1.54, 1.807) is 0 Å². The van der Waals surface area contributed by atoms with Crippen LogP contribution in [0, 0.1) is 0 Å². The number of fused-ring (bicyclic) bond motifs is 1. The highest BCUT2D eigenvalue weighted by molar-refractivity contribution is 5.87. The first-order valence-corrected chi connectivity index (χ1v) is 9.02. The number of rotatable bonds is 5. The van der Waals surface area contributed by atoms with Gasteiger partial charge < -0.3 is 14.8 Å². The molecular formula is C23H21NO3. The van der Waals surface area contributed by atoms with Crippen LogP contribution in [0.5, 0.6) is 11.5 Å². The van der Waals surface area contributed by atoms with Crippen LogP contribution in [0.2, 0.25) is 0 Å². The minimum Gasteiger partial charge on any atom is -0.454 e. The van der Waals surface area contributed by atoms with E-state index in [1.807, 2.05) is 85.8 Å². The van der Waals surface area contributed by atoms with E-state index in [2.05, 4.69) is 5.32 Å². The molecule has 0 fully saturated rings. The second-order valence-electron chi connectivity index (χ2n) is 6.60. The second kappa shape index (κ2) is 7.54. The third kappa shape index (κ3) is 3.65. The number of hydrogen-bond donors (Lipinski definition) is 1. The number of amides is 1. The first kappa shape index (κ1) is 17.2. The van der Waals surface area contributed by atoms with Crippen LogP contribution in [0.1, 0.15) is 35.6 Å². The van der Waals surface area contributed by atoms with Gasteiger partial charge in [0.2, 0.25) is 12.7 Å². The SMILES string of the molecule is CC(NC(=O)C(c1ccccc1)c1ccccc1)c1ccc2c(c1)OCO2. The van der Waals surface area contributed by atoms with E-state index in [0.717, 1.165) is 28.2 Å². The Morgan fingerprint density at radius 2 is 1.41 bits per heavy atom. The van der Waals surface area contributed by atoms with Gasteiger partial charge in [-0.2, -0.15) is 0 Å². The van der Waals surface area contributed by atoms with Crippen LogP contribution in [0.4, 0.5) is 0 Å². The van der Waals surface area contributed by atoms with Gasteiger partial charge >= 0.3 is 0 Å². The lowest BCUT2D eigenvalue weighted by Gasteiger charge is -2.21. The molecule has 1 unspecified atom stereocenters. The standard InChI is InChI=1S/C23H21NO3/c1-16(19-12-13-20-21(14-19)27-15-26-20)24-23(25)22(17-8-4-2-5-9-17)18-10-6-3-7-11-18/h2-14,16,22H,15H2,1H3,(H,24,25). The number of nitrogens with one attached hydrogen (secondary N) is 1. The van der Waals surface area contributed by atoms with Crippen LogP contribution in [-0.4, -0.2) is 12.7 Å². The second-order valence-corrected chi connectivity index (χ2v) is 6.60. The molecule has 1 N–H and O–H groups in total. The third-order valence-electron chi connectivity index (χ3n) is 4.78. The fourth-order valence-corrected chi connectivity index (χ4v) is 3.35. The van der Waals surface area contributed by atoms with Gasteiger partial charge in [0.1, 0.15) is 0 Å². The van der Waals surface area contributed by atoms with E-state index in [0.29, 0.717) is 0 Å². The molecule has 4 heteroatoms. The predicted octanol–water partition coefficient (Wildman–Crippen LogP) is 4.42. The molecule has 4 nitrogen and oxygen atoms in total. The van der Waals surface area contributed by atoms with E-state index in [4.69, 9.17) is 9.47 Å². The van der Waals surface area contributed by atoms with Crippen molar-refractivity contribution in [3.05, 3.63) is 95.6 Å². The molecule has 1 amide bonds. The number of ether oxygens (including phenoxy) is 2. The topological polar surface area (TPSA) is 47.6 Å². The normalized spacial score (nSPS) is 13.4. The molecule has 0 bridgehead atoms. The van der Waals surface area contributed by atoms with Gasteiger partial charge in [0.15, 0.2) is 11.5 Å². The van der Waals surface area contributed by atoms with Crippen LogP contribution in [-0.2, 0) is 4.79 Å². The van der Waals surface area contributed by atoms with Crippen molar-refractivity contribution in [1.82, 2.24) is 5.32 Å². The summed E-state index contributed by atoms with van der Waals surface area (Å²) < 4.78 is 10.8. The molecule has 3 aromatic carbocycles. The molecule has 1 aliphatic heterocycles. The Bertz CT molecular complexity index is 885. The van der Waals surface area contributed by atoms with E-state index < -0.39 is 0 Å². The Labute approximate surface area is 158 Å². The molecular weight excluding hydrogens is 338 g/mol. The number of carbonyl (C=O) groups excluding carboxylic acids is 1. The first-order valence-electron chi connectivity index (χ1n) is 9.02. The summed E-state index contributed by atoms with van der Waals surface area (Å²) in [6, 6.07) is 25.3. The molecule has 1 heterocycles. The number of benzene rings is 3. The summed E-state index contributed by atoms with van der Waals surface area (Å²) in [6.07, 6.45) is 0. The average molecular weight is 359 g/mol. The maximum atomic E-state index is 13.2. The molecule has 0 saturated heterocycles. The zero-order valence-corrected chi connectivity index (χ0v) is 15.1. The lowest BCUT2D eigenvalue weighted by atomic mass is 9.90. The quantitative estimate of drug-likeness (QED) is 0.733. The van der Waals surface area contributed by atoms with Crippen LogP contribution in [0.3, 0.4) is 0 Å².